The number of amides is 1. The van der Waals surface area contributed by atoms with Crippen LogP contribution in [-0.2, 0) is 15.6 Å². The van der Waals surface area contributed by atoms with Crippen molar-refractivity contribution in [1.82, 2.24) is 15.2 Å². The van der Waals surface area contributed by atoms with Gasteiger partial charge in [0.1, 0.15) is 11.5 Å². The summed E-state index contributed by atoms with van der Waals surface area (Å²) < 4.78 is 35.9. The van der Waals surface area contributed by atoms with E-state index in [1.807, 2.05) is 0 Å². The number of nitrogens with one attached hydrogen (secondary N) is 2. The molecule has 1 amide bonds. The molecule has 0 radical (unpaired) electrons. The number of methoxy groups -OCH3 is 2. The van der Waals surface area contributed by atoms with Gasteiger partial charge < -0.3 is 9.47 Å². The fraction of sp³-hybridized carbons (Fsp3) is 0.125. The lowest BCUT2D eigenvalue weighted by atomic mass is 10.1. The van der Waals surface area contributed by atoms with Crippen molar-refractivity contribution in [2.24, 2.45) is 0 Å². The Morgan fingerprint density at radius 1 is 0.971 bits per heavy atom. The van der Waals surface area contributed by atoms with Gasteiger partial charge in [0, 0.05) is 11.6 Å². The van der Waals surface area contributed by atoms with Crippen molar-refractivity contribution in [3.8, 4) is 22.9 Å². The minimum atomic E-state index is -3.54. The van der Waals surface area contributed by atoms with Crippen LogP contribution in [0.15, 0.2) is 77.7 Å². The van der Waals surface area contributed by atoms with Crippen molar-refractivity contribution >= 4 is 21.7 Å². The van der Waals surface area contributed by atoms with Crippen molar-refractivity contribution in [2.75, 3.05) is 19.5 Å². The van der Waals surface area contributed by atoms with Crippen molar-refractivity contribution < 1.29 is 22.7 Å². The molecule has 2 N–H and O–H groups in total. The Morgan fingerprint density at radius 3 is 2.50 bits per heavy atom. The van der Waals surface area contributed by atoms with Crippen LogP contribution in [0.2, 0.25) is 0 Å². The SMILES string of the molecule is COc1ccc(-c2nc(NC(=O)c3cccc(CS(=O)(=O)c4ccccc4)c3)n[nH]2)c(OC)c1. The minimum Gasteiger partial charge on any atom is -0.497 e. The number of hydrogen-bond donors (Lipinski definition) is 2. The minimum absolute atomic E-state index is 0.0696. The second-order valence-corrected chi connectivity index (χ2v) is 9.29. The zero-order valence-electron chi connectivity index (χ0n) is 18.5. The van der Waals surface area contributed by atoms with E-state index in [1.54, 1.807) is 73.8 Å². The van der Waals surface area contributed by atoms with Crippen molar-refractivity contribution in [3.63, 3.8) is 0 Å². The first-order valence-corrected chi connectivity index (χ1v) is 11.9. The number of H-pyrrole nitrogens is 1. The summed E-state index contributed by atoms with van der Waals surface area (Å²) in [4.78, 5) is 17.3. The molecule has 4 aromatic rings. The zero-order chi connectivity index (χ0) is 24.1. The molecule has 34 heavy (non-hydrogen) atoms. The molecule has 0 fully saturated rings. The van der Waals surface area contributed by atoms with E-state index < -0.39 is 15.7 Å². The first kappa shape index (κ1) is 23.0. The third-order valence-electron chi connectivity index (χ3n) is 5.02. The van der Waals surface area contributed by atoms with Gasteiger partial charge in [0.05, 0.1) is 30.4 Å². The van der Waals surface area contributed by atoms with Crippen LogP contribution < -0.4 is 14.8 Å². The van der Waals surface area contributed by atoms with Gasteiger partial charge in [-0.25, -0.2) is 8.42 Å². The summed E-state index contributed by atoms with van der Waals surface area (Å²) in [6.07, 6.45) is 0. The summed E-state index contributed by atoms with van der Waals surface area (Å²) >= 11 is 0. The molecule has 9 nitrogen and oxygen atoms in total. The predicted molar refractivity (Wildman–Crippen MR) is 127 cm³/mol. The summed E-state index contributed by atoms with van der Waals surface area (Å²) in [5, 5.41) is 9.45. The molecule has 3 aromatic carbocycles. The van der Waals surface area contributed by atoms with Gasteiger partial charge in [0.15, 0.2) is 15.7 Å². The Hall–Kier alpha value is -4.18. The number of sulfone groups is 1. The normalized spacial score (nSPS) is 11.1. The van der Waals surface area contributed by atoms with Crippen LogP contribution in [0.25, 0.3) is 11.4 Å². The Kier molecular flexibility index (Phi) is 6.60. The third-order valence-corrected chi connectivity index (χ3v) is 6.73. The zero-order valence-corrected chi connectivity index (χ0v) is 19.3. The monoisotopic (exact) mass is 478 g/mol. The lowest BCUT2D eigenvalue weighted by Crippen LogP contribution is -2.14. The Balaban J connectivity index is 1.50. The van der Waals surface area contributed by atoms with Crippen LogP contribution in [0, 0.1) is 0 Å². The maximum absolute atomic E-state index is 12.8. The predicted octanol–water partition coefficient (Wildman–Crippen LogP) is 3.72. The molecule has 0 aliphatic carbocycles. The van der Waals surface area contributed by atoms with Gasteiger partial charge in [-0.05, 0) is 42.0 Å². The maximum Gasteiger partial charge on any atom is 0.258 e. The van der Waals surface area contributed by atoms with Gasteiger partial charge in [-0.3, -0.25) is 15.2 Å². The molecule has 174 valence electrons. The van der Waals surface area contributed by atoms with Gasteiger partial charge in [0.25, 0.3) is 5.91 Å². The van der Waals surface area contributed by atoms with Crippen LogP contribution in [-0.4, -0.2) is 43.7 Å². The fourth-order valence-electron chi connectivity index (χ4n) is 3.34. The highest BCUT2D eigenvalue weighted by molar-refractivity contribution is 7.90. The molecule has 4 rings (SSSR count). The molecule has 0 spiro atoms. The van der Waals surface area contributed by atoms with Gasteiger partial charge in [-0.15, -0.1) is 5.10 Å². The second kappa shape index (κ2) is 9.75. The number of nitrogens with zero attached hydrogens (tertiary/aromatic N) is 2. The van der Waals surface area contributed by atoms with Crippen molar-refractivity contribution in [1.29, 1.82) is 0 Å². The van der Waals surface area contributed by atoms with Gasteiger partial charge >= 0.3 is 0 Å². The molecule has 0 atom stereocenters. The topological polar surface area (TPSA) is 123 Å². The van der Waals surface area contributed by atoms with E-state index in [4.69, 9.17) is 9.47 Å². The summed E-state index contributed by atoms with van der Waals surface area (Å²) in [5.41, 5.74) is 1.42. The molecule has 0 saturated carbocycles. The number of benzene rings is 3. The van der Waals surface area contributed by atoms with E-state index in [9.17, 15) is 13.2 Å². The number of anilines is 1. The van der Waals surface area contributed by atoms with E-state index in [1.165, 1.54) is 13.2 Å². The first-order valence-electron chi connectivity index (χ1n) is 10.2. The highest BCUT2D eigenvalue weighted by atomic mass is 32.2. The summed E-state index contributed by atoms with van der Waals surface area (Å²) in [5.74, 6) is 0.938. The number of aromatic nitrogens is 3. The second-order valence-electron chi connectivity index (χ2n) is 7.30. The molecule has 1 aromatic heterocycles. The molecule has 10 heteroatoms. The van der Waals surface area contributed by atoms with E-state index in [0.717, 1.165) is 0 Å². The maximum atomic E-state index is 12.8. The lowest BCUT2D eigenvalue weighted by Gasteiger charge is -2.08. The van der Waals surface area contributed by atoms with Crippen LogP contribution in [0.1, 0.15) is 15.9 Å². The fourth-order valence-corrected chi connectivity index (χ4v) is 4.70. The first-order chi connectivity index (χ1) is 16.4. The van der Waals surface area contributed by atoms with Gasteiger partial charge in [-0.1, -0.05) is 30.3 Å². The third kappa shape index (κ3) is 5.07. The molecule has 0 bridgehead atoms. The van der Waals surface area contributed by atoms with Crippen LogP contribution in [0.3, 0.4) is 0 Å². The average molecular weight is 479 g/mol. The standard InChI is InChI=1S/C24H22N4O5S/c1-32-18-11-12-20(21(14-18)33-2)22-25-24(28-27-22)26-23(29)17-8-6-7-16(13-17)15-34(30,31)19-9-4-3-5-10-19/h3-14H,15H2,1-2H3,(H2,25,26,27,28,29). The molecular weight excluding hydrogens is 456 g/mol. The van der Waals surface area contributed by atoms with Gasteiger partial charge in [0.2, 0.25) is 5.95 Å². The number of carbonyl (C=O) groups excluding carboxylic acids is 1. The number of aromatic amines is 1. The number of ether oxygens (including phenoxy) is 2. The van der Waals surface area contributed by atoms with E-state index >= 15 is 0 Å². The molecule has 0 aliphatic rings. The largest absolute Gasteiger partial charge is 0.497 e. The van der Waals surface area contributed by atoms with Crippen LogP contribution >= 0.6 is 0 Å². The van der Waals surface area contributed by atoms with E-state index in [-0.39, 0.29) is 22.2 Å². The number of carbonyl (C=O) groups is 1. The number of rotatable bonds is 8. The van der Waals surface area contributed by atoms with Crippen LogP contribution in [0.4, 0.5) is 5.95 Å². The highest BCUT2D eigenvalue weighted by Gasteiger charge is 2.17. The summed E-state index contributed by atoms with van der Waals surface area (Å²) in [6, 6.07) is 19.8. The Morgan fingerprint density at radius 2 is 1.76 bits per heavy atom. The lowest BCUT2D eigenvalue weighted by molar-refractivity contribution is 0.102. The Labute approximate surface area is 196 Å². The van der Waals surface area contributed by atoms with Crippen LogP contribution in [0.5, 0.6) is 11.5 Å². The highest BCUT2D eigenvalue weighted by Crippen LogP contribution is 2.31. The quantitative estimate of drug-likeness (QED) is 0.396. The molecule has 0 saturated heterocycles. The molecule has 1 heterocycles. The smallest absolute Gasteiger partial charge is 0.258 e. The summed E-state index contributed by atoms with van der Waals surface area (Å²) in [7, 11) is -0.448. The van der Waals surface area contributed by atoms with E-state index in [2.05, 4.69) is 20.5 Å². The van der Waals surface area contributed by atoms with Crippen molar-refractivity contribution in [2.45, 2.75) is 10.6 Å². The van der Waals surface area contributed by atoms with Gasteiger partial charge in [-0.2, -0.15) is 4.98 Å². The van der Waals surface area contributed by atoms with Crippen molar-refractivity contribution in [3.05, 3.63) is 83.9 Å². The van der Waals surface area contributed by atoms with E-state index in [0.29, 0.717) is 28.5 Å². The molecule has 0 aliphatic heterocycles. The average Bonchev–Trinajstić information content (AvgIpc) is 3.32. The Bertz CT molecular complexity index is 1420. The number of hydrogen-bond acceptors (Lipinski definition) is 7. The molecular formula is C24H22N4O5S. The molecule has 0 unspecified atom stereocenters. The summed E-state index contributed by atoms with van der Waals surface area (Å²) in [6.45, 7) is 0.